The normalized spacial score (nSPS) is 18.6. The Labute approximate surface area is 194 Å². The molecule has 1 amide bonds. The Bertz CT molecular complexity index is 1250. The van der Waals surface area contributed by atoms with E-state index in [4.69, 9.17) is 0 Å². The van der Waals surface area contributed by atoms with E-state index >= 15 is 0 Å². The SMILES string of the molecule is Cc1nn2cccnc2c1C(=O)N1CCN(S(=O)(=O)c2ccc(C3CCCCC3)cc2)CC1. The van der Waals surface area contributed by atoms with Crippen LogP contribution < -0.4 is 0 Å². The third-order valence-electron chi connectivity index (χ3n) is 6.90. The van der Waals surface area contributed by atoms with E-state index in [0.29, 0.717) is 40.8 Å². The summed E-state index contributed by atoms with van der Waals surface area (Å²) in [6.45, 7) is 3.00. The number of carbonyl (C=O) groups is 1. The van der Waals surface area contributed by atoms with Crippen molar-refractivity contribution < 1.29 is 13.2 Å². The number of aromatic nitrogens is 3. The molecule has 0 unspecified atom stereocenters. The van der Waals surface area contributed by atoms with Crippen molar-refractivity contribution in [2.24, 2.45) is 0 Å². The highest BCUT2D eigenvalue weighted by Gasteiger charge is 2.32. The fourth-order valence-electron chi connectivity index (χ4n) is 5.03. The molecule has 3 aromatic rings. The van der Waals surface area contributed by atoms with Gasteiger partial charge >= 0.3 is 0 Å². The highest BCUT2D eigenvalue weighted by atomic mass is 32.2. The molecule has 2 aliphatic rings. The first-order valence-corrected chi connectivity index (χ1v) is 13.1. The molecule has 1 aromatic carbocycles. The van der Waals surface area contributed by atoms with Crippen LogP contribution in [0.3, 0.4) is 0 Å². The van der Waals surface area contributed by atoms with Crippen LogP contribution in [-0.2, 0) is 10.0 Å². The van der Waals surface area contributed by atoms with E-state index in [2.05, 4.69) is 10.1 Å². The second kappa shape index (κ2) is 8.87. The molecule has 2 aromatic heterocycles. The molecule has 1 saturated carbocycles. The first-order valence-electron chi connectivity index (χ1n) is 11.6. The van der Waals surface area contributed by atoms with Gasteiger partial charge in [-0.15, -0.1) is 0 Å². The zero-order chi connectivity index (χ0) is 23.0. The first-order chi connectivity index (χ1) is 15.9. The topological polar surface area (TPSA) is 87.9 Å². The van der Waals surface area contributed by atoms with Crippen LogP contribution in [0, 0.1) is 6.92 Å². The van der Waals surface area contributed by atoms with E-state index in [9.17, 15) is 13.2 Å². The number of piperazine rings is 1. The Morgan fingerprint density at radius 3 is 2.39 bits per heavy atom. The Hall–Kier alpha value is -2.78. The molecule has 1 saturated heterocycles. The molecular weight excluding hydrogens is 438 g/mol. The van der Waals surface area contributed by atoms with Crippen LogP contribution in [0.15, 0.2) is 47.6 Å². The maximum Gasteiger partial charge on any atom is 0.259 e. The smallest absolute Gasteiger partial charge is 0.259 e. The summed E-state index contributed by atoms with van der Waals surface area (Å²) in [6.07, 6.45) is 9.56. The fourth-order valence-corrected chi connectivity index (χ4v) is 6.46. The van der Waals surface area contributed by atoms with Crippen molar-refractivity contribution in [1.82, 2.24) is 23.8 Å². The number of fused-ring (bicyclic) bond motifs is 1. The van der Waals surface area contributed by atoms with Crippen LogP contribution >= 0.6 is 0 Å². The molecule has 33 heavy (non-hydrogen) atoms. The number of aryl methyl sites for hydroxylation is 1. The summed E-state index contributed by atoms with van der Waals surface area (Å²) in [6, 6.07) is 9.20. The van der Waals surface area contributed by atoms with Gasteiger partial charge in [-0.2, -0.15) is 9.40 Å². The number of hydrogen-bond acceptors (Lipinski definition) is 5. The number of hydrogen-bond donors (Lipinski definition) is 0. The second-order valence-electron chi connectivity index (χ2n) is 8.95. The van der Waals surface area contributed by atoms with Gasteiger partial charge in [-0.25, -0.2) is 17.9 Å². The van der Waals surface area contributed by atoms with Crippen LogP contribution in [0.2, 0.25) is 0 Å². The lowest BCUT2D eigenvalue weighted by atomic mass is 9.84. The summed E-state index contributed by atoms with van der Waals surface area (Å²) in [5.41, 5.74) is 2.85. The van der Waals surface area contributed by atoms with E-state index in [1.165, 1.54) is 42.0 Å². The quantitative estimate of drug-likeness (QED) is 0.588. The number of benzene rings is 1. The average molecular weight is 468 g/mol. The van der Waals surface area contributed by atoms with Crippen LogP contribution in [0.5, 0.6) is 0 Å². The molecule has 3 heterocycles. The van der Waals surface area contributed by atoms with E-state index < -0.39 is 10.0 Å². The summed E-state index contributed by atoms with van der Waals surface area (Å²) < 4.78 is 29.5. The lowest BCUT2D eigenvalue weighted by molar-refractivity contribution is 0.0699. The van der Waals surface area contributed by atoms with Crippen LogP contribution in [0.1, 0.15) is 59.6 Å². The molecule has 1 aliphatic heterocycles. The van der Waals surface area contributed by atoms with E-state index in [0.717, 1.165) is 0 Å². The lowest BCUT2D eigenvalue weighted by Gasteiger charge is -2.34. The number of sulfonamides is 1. The van der Waals surface area contributed by atoms with Gasteiger partial charge < -0.3 is 4.90 Å². The molecule has 1 aliphatic carbocycles. The molecule has 0 N–H and O–H groups in total. The van der Waals surface area contributed by atoms with Crippen molar-refractivity contribution in [1.29, 1.82) is 0 Å². The maximum absolute atomic E-state index is 13.2. The van der Waals surface area contributed by atoms with Gasteiger partial charge in [0.1, 0.15) is 5.56 Å². The van der Waals surface area contributed by atoms with Crippen molar-refractivity contribution in [3.05, 3.63) is 59.5 Å². The predicted octanol–water partition coefficient (Wildman–Crippen LogP) is 3.23. The Balaban J connectivity index is 1.27. The Morgan fingerprint density at radius 2 is 1.70 bits per heavy atom. The molecule has 0 bridgehead atoms. The highest BCUT2D eigenvalue weighted by Crippen LogP contribution is 2.33. The van der Waals surface area contributed by atoms with Crippen molar-refractivity contribution in [2.45, 2.75) is 49.8 Å². The summed E-state index contributed by atoms with van der Waals surface area (Å²) in [7, 11) is -3.59. The van der Waals surface area contributed by atoms with Crippen LogP contribution in [0.25, 0.3) is 5.65 Å². The van der Waals surface area contributed by atoms with E-state index in [1.54, 1.807) is 46.9 Å². The number of rotatable bonds is 4. The maximum atomic E-state index is 13.2. The van der Waals surface area contributed by atoms with Gasteiger partial charge in [-0.1, -0.05) is 31.4 Å². The third-order valence-corrected chi connectivity index (χ3v) is 8.82. The predicted molar refractivity (Wildman–Crippen MR) is 125 cm³/mol. The van der Waals surface area contributed by atoms with Gasteiger partial charge in [0.15, 0.2) is 5.65 Å². The van der Waals surface area contributed by atoms with Gasteiger partial charge in [-0.3, -0.25) is 4.79 Å². The van der Waals surface area contributed by atoms with E-state index in [1.807, 2.05) is 12.1 Å². The molecular formula is C24H29N5O3S. The van der Waals surface area contributed by atoms with Crippen molar-refractivity contribution >= 4 is 21.6 Å². The van der Waals surface area contributed by atoms with Gasteiger partial charge in [-0.05, 0) is 49.4 Å². The monoisotopic (exact) mass is 467 g/mol. The summed E-state index contributed by atoms with van der Waals surface area (Å²) in [4.78, 5) is 19.5. The highest BCUT2D eigenvalue weighted by molar-refractivity contribution is 7.89. The largest absolute Gasteiger partial charge is 0.336 e. The zero-order valence-electron chi connectivity index (χ0n) is 18.9. The van der Waals surface area contributed by atoms with E-state index in [-0.39, 0.29) is 19.0 Å². The molecule has 0 radical (unpaired) electrons. The summed E-state index contributed by atoms with van der Waals surface area (Å²) >= 11 is 0. The average Bonchev–Trinajstić information content (AvgIpc) is 3.20. The molecule has 174 valence electrons. The van der Waals surface area contributed by atoms with Crippen LogP contribution in [0.4, 0.5) is 0 Å². The van der Waals surface area contributed by atoms with Crippen molar-refractivity contribution in [2.75, 3.05) is 26.2 Å². The summed E-state index contributed by atoms with van der Waals surface area (Å²) in [5.74, 6) is 0.387. The van der Waals surface area contributed by atoms with Crippen LogP contribution in [-0.4, -0.2) is 64.3 Å². The molecule has 0 atom stereocenters. The third kappa shape index (κ3) is 4.15. The number of carbonyl (C=O) groups excluding carboxylic acids is 1. The Kier molecular flexibility index (Phi) is 5.92. The van der Waals surface area contributed by atoms with Crippen molar-refractivity contribution in [3.8, 4) is 0 Å². The number of amides is 1. The lowest BCUT2D eigenvalue weighted by Crippen LogP contribution is -2.50. The zero-order valence-corrected chi connectivity index (χ0v) is 19.7. The second-order valence-corrected chi connectivity index (χ2v) is 10.9. The van der Waals surface area contributed by atoms with Gasteiger partial charge in [0, 0.05) is 38.6 Å². The summed E-state index contributed by atoms with van der Waals surface area (Å²) in [5, 5.41) is 4.36. The Morgan fingerprint density at radius 1 is 1.00 bits per heavy atom. The minimum absolute atomic E-state index is 0.157. The molecule has 9 heteroatoms. The van der Waals surface area contributed by atoms with Gasteiger partial charge in [0.05, 0.1) is 10.6 Å². The number of nitrogens with zero attached hydrogens (tertiary/aromatic N) is 5. The molecule has 0 spiro atoms. The molecule has 2 fully saturated rings. The van der Waals surface area contributed by atoms with Gasteiger partial charge in [0.25, 0.3) is 5.91 Å². The first kappa shape index (κ1) is 22.0. The van der Waals surface area contributed by atoms with Crippen molar-refractivity contribution in [3.63, 3.8) is 0 Å². The fraction of sp³-hybridized carbons (Fsp3) is 0.458. The standard InChI is InChI=1S/C24H29N5O3S/c1-18-22(23-25-12-5-13-29(23)26-18)24(30)27-14-16-28(17-15-27)33(31,32)21-10-8-20(9-11-21)19-6-3-2-4-7-19/h5,8-13,19H,2-4,6-7,14-17H2,1H3. The molecule has 5 rings (SSSR count). The minimum atomic E-state index is -3.59. The molecule has 8 nitrogen and oxygen atoms in total. The minimum Gasteiger partial charge on any atom is -0.336 e. The van der Waals surface area contributed by atoms with Gasteiger partial charge in [0.2, 0.25) is 10.0 Å².